The Hall–Kier alpha value is -2.49. The van der Waals surface area contributed by atoms with Crippen LogP contribution < -0.4 is 0 Å². The van der Waals surface area contributed by atoms with Gasteiger partial charge >= 0.3 is 0 Å². The number of benzene rings is 1. The Balaban J connectivity index is 3.22. The minimum atomic E-state index is -0.512. The molecular formula is C14H14O4. The highest BCUT2D eigenvalue weighted by Crippen LogP contribution is 2.17. The number of ketones is 1. The van der Waals surface area contributed by atoms with Gasteiger partial charge in [0, 0.05) is 5.56 Å². The van der Waals surface area contributed by atoms with Gasteiger partial charge in [-0.3, -0.25) is 4.79 Å². The topological polar surface area (TPSA) is 77.8 Å². The number of rotatable bonds is 4. The van der Waals surface area contributed by atoms with Crippen LogP contribution in [0.5, 0.6) is 0 Å². The minimum absolute atomic E-state index is 0.0912. The predicted molar refractivity (Wildman–Crippen MR) is 68.6 cm³/mol. The van der Waals surface area contributed by atoms with Crippen LogP contribution in [0.3, 0.4) is 0 Å². The summed E-state index contributed by atoms with van der Waals surface area (Å²) in [5, 5.41) is 27.5. The van der Waals surface area contributed by atoms with E-state index in [1.807, 2.05) is 0 Å². The van der Waals surface area contributed by atoms with E-state index in [9.17, 15) is 15.0 Å². The van der Waals surface area contributed by atoms with Crippen LogP contribution in [0, 0.1) is 0 Å². The number of hydrogen-bond donors (Lipinski definition) is 3. The standard InChI is InChI=1S/C14H14O4/c1-10(16)13(17)12(8-5-9-15)14(18)11-6-3-2-4-7-11/h2-9,15-17H,1H3/b9-5+,12-8+,13-10-. The van der Waals surface area contributed by atoms with Gasteiger partial charge in [-0.2, -0.15) is 0 Å². The maximum atomic E-state index is 12.1. The molecule has 1 aromatic rings. The van der Waals surface area contributed by atoms with Gasteiger partial charge in [0.1, 0.15) is 5.76 Å². The predicted octanol–water partition coefficient (Wildman–Crippen LogP) is 3.21. The molecule has 18 heavy (non-hydrogen) atoms. The number of Topliss-reactive ketones (excluding diaryl/α,β-unsaturated/α-hetero) is 1. The van der Waals surface area contributed by atoms with Crippen LogP contribution in [-0.2, 0) is 0 Å². The molecule has 1 aromatic carbocycles. The second kappa shape index (κ2) is 6.30. The van der Waals surface area contributed by atoms with Crippen molar-refractivity contribution in [1.82, 2.24) is 0 Å². The van der Waals surface area contributed by atoms with E-state index in [0.29, 0.717) is 5.56 Å². The summed E-state index contributed by atoms with van der Waals surface area (Å²) in [6.07, 6.45) is 3.15. The second-order valence-electron chi connectivity index (χ2n) is 3.55. The molecule has 4 heteroatoms. The van der Waals surface area contributed by atoms with E-state index in [1.165, 1.54) is 19.1 Å². The molecular weight excluding hydrogens is 232 g/mol. The molecule has 0 saturated carbocycles. The summed E-state index contributed by atoms with van der Waals surface area (Å²) in [5.41, 5.74) is 0.286. The Bertz CT molecular complexity index is 506. The number of allylic oxidation sites excluding steroid dienone is 4. The van der Waals surface area contributed by atoms with Crippen LogP contribution in [0.2, 0.25) is 0 Å². The van der Waals surface area contributed by atoms with Crippen molar-refractivity contribution in [2.24, 2.45) is 0 Å². The Morgan fingerprint density at radius 3 is 2.28 bits per heavy atom. The lowest BCUT2D eigenvalue weighted by Crippen LogP contribution is -2.07. The largest absolute Gasteiger partial charge is 0.516 e. The molecule has 4 nitrogen and oxygen atoms in total. The molecule has 0 atom stereocenters. The monoisotopic (exact) mass is 246 g/mol. The van der Waals surface area contributed by atoms with Gasteiger partial charge in [0.15, 0.2) is 11.5 Å². The third-order valence-electron chi connectivity index (χ3n) is 2.23. The van der Waals surface area contributed by atoms with E-state index < -0.39 is 11.5 Å². The SMILES string of the molecule is C\C(O)=C(O)/C(=C\C=C\O)C(=O)c1ccccc1. The van der Waals surface area contributed by atoms with Crippen molar-refractivity contribution in [2.45, 2.75) is 6.92 Å². The van der Waals surface area contributed by atoms with Crippen molar-refractivity contribution in [3.8, 4) is 0 Å². The first kappa shape index (κ1) is 13.6. The van der Waals surface area contributed by atoms with E-state index in [1.54, 1.807) is 30.3 Å². The maximum absolute atomic E-state index is 12.1. The molecule has 0 radical (unpaired) electrons. The van der Waals surface area contributed by atoms with Crippen molar-refractivity contribution in [1.29, 1.82) is 0 Å². The molecule has 0 saturated heterocycles. The molecule has 0 aliphatic heterocycles. The first-order chi connectivity index (χ1) is 8.57. The molecule has 0 spiro atoms. The molecule has 0 aromatic heterocycles. The summed E-state index contributed by atoms with van der Waals surface area (Å²) in [5.74, 6) is -1.32. The van der Waals surface area contributed by atoms with E-state index in [0.717, 1.165) is 6.26 Å². The molecule has 94 valence electrons. The van der Waals surface area contributed by atoms with Crippen molar-refractivity contribution < 1.29 is 20.1 Å². The highest BCUT2D eigenvalue weighted by Gasteiger charge is 2.17. The molecule has 0 fully saturated rings. The highest BCUT2D eigenvalue weighted by molar-refractivity contribution is 6.11. The normalized spacial score (nSPS) is 13.5. The third kappa shape index (κ3) is 3.25. The summed E-state index contributed by atoms with van der Waals surface area (Å²) < 4.78 is 0. The van der Waals surface area contributed by atoms with Gasteiger partial charge in [-0.1, -0.05) is 30.3 Å². The second-order valence-corrected chi connectivity index (χ2v) is 3.55. The fourth-order valence-electron chi connectivity index (χ4n) is 1.34. The fraction of sp³-hybridized carbons (Fsp3) is 0.0714. The van der Waals surface area contributed by atoms with Crippen molar-refractivity contribution >= 4 is 5.78 Å². The summed E-state index contributed by atoms with van der Waals surface area (Å²) in [6.45, 7) is 1.27. The molecule has 0 aliphatic rings. The van der Waals surface area contributed by atoms with Gasteiger partial charge in [0.25, 0.3) is 0 Å². The number of carbonyl (C=O) groups excluding carboxylic acids is 1. The summed E-state index contributed by atoms with van der Waals surface area (Å²) in [6, 6.07) is 8.34. The van der Waals surface area contributed by atoms with Gasteiger partial charge in [0.05, 0.1) is 11.8 Å². The average molecular weight is 246 g/mol. The smallest absolute Gasteiger partial charge is 0.196 e. The number of aliphatic hydroxyl groups is 3. The molecule has 3 N–H and O–H groups in total. The van der Waals surface area contributed by atoms with Crippen molar-refractivity contribution in [2.75, 3.05) is 0 Å². The minimum Gasteiger partial charge on any atom is -0.516 e. The Kier molecular flexibility index (Phi) is 4.75. The lowest BCUT2D eigenvalue weighted by molar-refractivity contribution is 0.102. The summed E-state index contributed by atoms with van der Waals surface area (Å²) in [4.78, 5) is 12.1. The van der Waals surface area contributed by atoms with Crippen molar-refractivity contribution in [3.63, 3.8) is 0 Å². The van der Waals surface area contributed by atoms with Gasteiger partial charge in [-0.15, -0.1) is 0 Å². The van der Waals surface area contributed by atoms with E-state index in [4.69, 9.17) is 5.11 Å². The Labute approximate surface area is 105 Å². The fourth-order valence-corrected chi connectivity index (χ4v) is 1.34. The zero-order valence-corrected chi connectivity index (χ0v) is 9.87. The molecule has 1 rings (SSSR count). The maximum Gasteiger partial charge on any atom is 0.196 e. The van der Waals surface area contributed by atoms with Crippen molar-refractivity contribution in [3.05, 3.63) is 71.4 Å². The highest BCUT2D eigenvalue weighted by atomic mass is 16.3. The van der Waals surface area contributed by atoms with Gasteiger partial charge in [-0.25, -0.2) is 0 Å². The number of aliphatic hydroxyl groups excluding tert-OH is 3. The van der Waals surface area contributed by atoms with Crippen LogP contribution in [-0.4, -0.2) is 21.1 Å². The number of carbonyl (C=O) groups is 1. The zero-order valence-electron chi connectivity index (χ0n) is 9.87. The average Bonchev–Trinajstić information content (AvgIpc) is 2.39. The first-order valence-electron chi connectivity index (χ1n) is 5.28. The van der Waals surface area contributed by atoms with E-state index >= 15 is 0 Å². The lowest BCUT2D eigenvalue weighted by atomic mass is 10.0. The van der Waals surface area contributed by atoms with Crippen LogP contribution in [0.4, 0.5) is 0 Å². The third-order valence-corrected chi connectivity index (χ3v) is 2.23. The first-order valence-corrected chi connectivity index (χ1v) is 5.28. The molecule has 0 heterocycles. The number of hydrogen-bond acceptors (Lipinski definition) is 4. The van der Waals surface area contributed by atoms with Gasteiger partial charge in [-0.05, 0) is 19.1 Å². The van der Waals surface area contributed by atoms with Gasteiger partial charge < -0.3 is 15.3 Å². The summed E-state index contributed by atoms with van der Waals surface area (Å²) in [7, 11) is 0. The molecule has 0 bridgehead atoms. The zero-order chi connectivity index (χ0) is 13.5. The molecule has 0 amide bonds. The lowest BCUT2D eigenvalue weighted by Gasteiger charge is -2.06. The molecule has 0 aliphatic carbocycles. The van der Waals surface area contributed by atoms with Crippen LogP contribution in [0.25, 0.3) is 0 Å². The van der Waals surface area contributed by atoms with Crippen LogP contribution in [0.15, 0.2) is 65.8 Å². The van der Waals surface area contributed by atoms with Gasteiger partial charge in [0.2, 0.25) is 0 Å². The van der Waals surface area contributed by atoms with Crippen LogP contribution >= 0.6 is 0 Å². The summed E-state index contributed by atoms with van der Waals surface area (Å²) >= 11 is 0. The van der Waals surface area contributed by atoms with E-state index in [2.05, 4.69) is 0 Å². The quantitative estimate of drug-likeness (QED) is 0.330. The van der Waals surface area contributed by atoms with Crippen LogP contribution in [0.1, 0.15) is 17.3 Å². The Morgan fingerprint density at radius 2 is 1.78 bits per heavy atom. The molecule has 0 unspecified atom stereocenters. The van der Waals surface area contributed by atoms with E-state index in [-0.39, 0.29) is 11.3 Å². The Morgan fingerprint density at radius 1 is 1.17 bits per heavy atom.